The molecule has 0 spiro atoms. The van der Waals surface area contributed by atoms with Crippen LogP contribution in [0.2, 0.25) is 0 Å². The van der Waals surface area contributed by atoms with Gasteiger partial charge < -0.3 is 9.15 Å². The first-order valence-electron chi connectivity index (χ1n) is 6.44. The van der Waals surface area contributed by atoms with Crippen molar-refractivity contribution in [3.63, 3.8) is 0 Å². The summed E-state index contributed by atoms with van der Waals surface area (Å²) >= 11 is 3.25. The van der Waals surface area contributed by atoms with Gasteiger partial charge in [-0.05, 0) is 36.6 Å². The van der Waals surface area contributed by atoms with Crippen molar-refractivity contribution in [2.24, 2.45) is 0 Å². The molecular weight excluding hydrogens is 304 g/mol. The Balaban J connectivity index is 1.74. The average molecular weight is 318 g/mol. The normalized spacial score (nSPS) is 12.3. The molecule has 108 valence electrons. The fourth-order valence-corrected chi connectivity index (χ4v) is 3.42. The number of nitrogens with zero attached hydrogens (tertiary/aromatic N) is 2. The lowest BCUT2D eigenvalue weighted by atomic mass is 10.3. The first-order valence-corrected chi connectivity index (χ1v) is 8.20. The molecule has 0 bridgehead atoms. The third-order valence-electron chi connectivity index (χ3n) is 2.87. The van der Waals surface area contributed by atoms with Gasteiger partial charge in [0.05, 0.1) is 17.2 Å². The van der Waals surface area contributed by atoms with Crippen molar-refractivity contribution >= 4 is 23.1 Å². The molecule has 0 aliphatic carbocycles. The number of benzene rings is 1. The first-order chi connectivity index (χ1) is 10.3. The summed E-state index contributed by atoms with van der Waals surface area (Å²) < 4.78 is 11.0. The maximum atomic E-state index is 5.75. The standard InChI is InChI=1S/C15H14N2O2S2/c1-10(21-12-6-3-5-11(9-12)18-2)14-16-17-15(19-14)13-7-4-8-20-13/h3-10H,1-2H3/t10-/m1/s1. The van der Waals surface area contributed by atoms with Gasteiger partial charge in [0.25, 0.3) is 5.89 Å². The minimum absolute atomic E-state index is 0.0818. The highest BCUT2D eigenvalue weighted by Crippen LogP contribution is 2.36. The molecule has 2 heterocycles. The van der Waals surface area contributed by atoms with Crippen LogP contribution in [0.3, 0.4) is 0 Å². The highest BCUT2D eigenvalue weighted by molar-refractivity contribution is 7.99. The van der Waals surface area contributed by atoms with Crippen molar-refractivity contribution in [1.82, 2.24) is 10.2 Å². The average Bonchev–Trinajstić information content (AvgIpc) is 3.18. The smallest absolute Gasteiger partial charge is 0.257 e. The highest BCUT2D eigenvalue weighted by atomic mass is 32.2. The molecule has 0 radical (unpaired) electrons. The molecule has 3 rings (SSSR count). The molecule has 1 aromatic carbocycles. The van der Waals surface area contributed by atoms with E-state index < -0.39 is 0 Å². The number of rotatable bonds is 5. The van der Waals surface area contributed by atoms with Gasteiger partial charge in [0.15, 0.2) is 0 Å². The maximum Gasteiger partial charge on any atom is 0.257 e. The van der Waals surface area contributed by atoms with E-state index in [0.29, 0.717) is 11.8 Å². The number of methoxy groups -OCH3 is 1. The molecule has 3 aromatic rings. The Hall–Kier alpha value is -1.79. The molecule has 6 heteroatoms. The Bertz CT molecular complexity index is 710. The highest BCUT2D eigenvalue weighted by Gasteiger charge is 2.16. The van der Waals surface area contributed by atoms with Crippen LogP contribution < -0.4 is 4.74 Å². The van der Waals surface area contributed by atoms with Crippen LogP contribution in [0.4, 0.5) is 0 Å². The Morgan fingerprint density at radius 2 is 2.14 bits per heavy atom. The van der Waals surface area contributed by atoms with Gasteiger partial charge in [-0.25, -0.2) is 0 Å². The van der Waals surface area contributed by atoms with E-state index in [1.54, 1.807) is 30.2 Å². The first kappa shape index (κ1) is 14.2. The van der Waals surface area contributed by atoms with Gasteiger partial charge in [0.1, 0.15) is 5.75 Å². The molecule has 0 unspecified atom stereocenters. The van der Waals surface area contributed by atoms with Crippen LogP contribution in [-0.4, -0.2) is 17.3 Å². The number of thioether (sulfide) groups is 1. The van der Waals surface area contributed by atoms with Crippen molar-refractivity contribution in [1.29, 1.82) is 0 Å². The predicted molar refractivity (Wildman–Crippen MR) is 84.9 cm³/mol. The fraction of sp³-hybridized carbons (Fsp3) is 0.200. The Morgan fingerprint density at radius 3 is 2.90 bits per heavy atom. The predicted octanol–water partition coefficient (Wildman–Crippen LogP) is 4.66. The molecule has 0 aliphatic heterocycles. The van der Waals surface area contributed by atoms with Gasteiger partial charge in [-0.15, -0.1) is 33.3 Å². The van der Waals surface area contributed by atoms with E-state index in [2.05, 4.69) is 17.1 Å². The Labute approximate surface area is 131 Å². The van der Waals surface area contributed by atoms with E-state index >= 15 is 0 Å². The molecule has 21 heavy (non-hydrogen) atoms. The molecule has 0 amide bonds. The van der Waals surface area contributed by atoms with Gasteiger partial charge in [0, 0.05) is 4.90 Å². The molecule has 2 aromatic heterocycles. The van der Waals surface area contributed by atoms with Gasteiger partial charge in [-0.3, -0.25) is 0 Å². The lowest BCUT2D eigenvalue weighted by Crippen LogP contribution is -1.89. The third kappa shape index (κ3) is 3.28. The Kier molecular flexibility index (Phi) is 4.26. The number of thiophene rings is 1. The molecule has 0 saturated heterocycles. The maximum absolute atomic E-state index is 5.75. The van der Waals surface area contributed by atoms with E-state index in [0.717, 1.165) is 15.5 Å². The number of hydrogen-bond acceptors (Lipinski definition) is 6. The Morgan fingerprint density at radius 1 is 1.24 bits per heavy atom. The summed E-state index contributed by atoms with van der Waals surface area (Å²) in [4.78, 5) is 2.10. The molecule has 0 fully saturated rings. The summed E-state index contributed by atoms with van der Waals surface area (Å²) in [6, 6.07) is 11.9. The van der Waals surface area contributed by atoms with Crippen molar-refractivity contribution < 1.29 is 9.15 Å². The zero-order chi connectivity index (χ0) is 14.7. The molecule has 4 nitrogen and oxygen atoms in total. The van der Waals surface area contributed by atoms with Gasteiger partial charge in [-0.2, -0.15) is 0 Å². The monoisotopic (exact) mass is 318 g/mol. The van der Waals surface area contributed by atoms with Crippen molar-refractivity contribution in [3.8, 4) is 16.5 Å². The second-order valence-corrected chi connectivity index (χ2v) is 6.72. The van der Waals surface area contributed by atoms with Gasteiger partial charge >= 0.3 is 0 Å². The number of ether oxygens (including phenoxy) is 1. The largest absolute Gasteiger partial charge is 0.497 e. The summed E-state index contributed by atoms with van der Waals surface area (Å²) in [6.07, 6.45) is 0. The summed E-state index contributed by atoms with van der Waals surface area (Å²) in [5.41, 5.74) is 0. The lowest BCUT2D eigenvalue weighted by molar-refractivity contribution is 0.413. The zero-order valence-electron chi connectivity index (χ0n) is 11.6. The van der Waals surface area contributed by atoms with Crippen LogP contribution in [-0.2, 0) is 0 Å². The van der Waals surface area contributed by atoms with Crippen molar-refractivity contribution in [2.45, 2.75) is 17.1 Å². The molecule has 0 aliphatic rings. The summed E-state index contributed by atoms with van der Waals surface area (Å²) in [6.45, 7) is 2.05. The van der Waals surface area contributed by atoms with Crippen LogP contribution in [0.1, 0.15) is 18.1 Å². The van der Waals surface area contributed by atoms with Crippen LogP contribution in [0.5, 0.6) is 5.75 Å². The van der Waals surface area contributed by atoms with Gasteiger partial charge in [-0.1, -0.05) is 12.1 Å². The van der Waals surface area contributed by atoms with E-state index in [-0.39, 0.29) is 5.25 Å². The lowest BCUT2D eigenvalue weighted by Gasteiger charge is -2.07. The van der Waals surface area contributed by atoms with Crippen molar-refractivity contribution in [3.05, 3.63) is 47.7 Å². The van der Waals surface area contributed by atoms with E-state index in [4.69, 9.17) is 9.15 Å². The zero-order valence-corrected chi connectivity index (χ0v) is 13.3. The second kappa shape index (κ2) is 6.32. The van der Waals surface area contributed by atoms with Crippen LogP contribution in [0.25, 0.3) is 10.8 Å². The van der Waals surface area contributed by atoms with Crippen molar-refractivity contribution in [2.75, 3.05) is 7.11 Å². The van der Waals surface area contributed by atoms with Crippen LogP contribution in [0.15, 0.2) is 51.1 Å². The van der Waals surface area contributed by atoms with E-state index in [1.165, 1.54) is 0 Å². The number of hydrogen-bond donors (Lipinski definition) is 0. The van der Waals surface area contributed by atoms with Crippen LogP contribution in [0, 0.1) is 0 Å². The third-order valence-corrected chi connectivity index (χ3v) is 4.81. The topological polar surface area (TPSA) is 48.2 Å². The van der Waals surface area contributed by atoms with E-state index in [9.17, 15) is 0 Å². The molecular formula is C15H14N2O2S2. The minimum Gasteiger partial charge on any atom is -0.497 e. The van der Waals surface area contributed by atoms with Crippen LogP contribution >= 0.6 is 23.1 Å². The molecule has 0 saturated carbocycles. The summed E-state index contributed by atoms with van der Waals surface area (Å²) in [5.74, 6) is 2.06. The number of aromatic nitrogens is 2. The SMILES string of the molecule is COc1cccc(S[C@H](C)c2nnc(-c3cccs3)o2)c1. The molecule has 0 N–H and O–H groups in total. The summed E-state index contributed by atoms with van der Waals surface area (Å²) in [5, 5.41) is 10.3. The quantitative estimate of drug-likeness (QED) is 0.640. The summed E-state index contributed by atoms with van der Waals surface area (Å²) in [7, 11) is 1.67. The van der Waals surface area contributed by atoms with E-state index in [1.807, 2.05) is 41.8 Å². The fourth-order valence-electron chi connectivity index (χ4n) is 1.83. The molecule has 1 atom stereocenters. The van der Waals surface area contributed by atoms with Gasteiger partial charge in [0.2, 0.25) is 5.89 Å². The second-order valence-electron chi connectivity index (χ2n) is 4.36. The minimum atomic E-state index is 0.0818.